The summed E-state index contributed by atoms with van der Waals surface area (Å²) in [4.78, 5) is 4.34. The first kappa shape index (κ1) is 35.4. The third-order valence-electron chi connectivity index (χ3n) is 7.81. The second kappa shape index (κ2) is 13.5. The standard InChI is InChI=1S/C29H33F5N6O2.2ClH/c1-17(2)42-25-23(11-22(14-35-25)40-26(29(32,33)34)37-38-39-40)20-12-28(41-15-20)10-9-19(13-36-27(3,4)16-30)24(28)18-5-7-21(31)8-6-18;;/h5-8,11,14-15,17,19,24,36H,9-10,12-13,16H2,1-4H3;2*1H. The molecular weight excluding hydrogens is 630 g/mol. The third-order valence-corrected chi connectivity index (χ3v) is 7.81. The molecule has 3 heterocycles. The number of hydrogen-bond acceptors (Lipinski definition) is 7. The highest BCUT2D eigenvalue weighted by molar-refractivity contribution is 5.85. The molecule has 0 saturated heterocycles. The third kappa shape index (κ3) is 7.26. The van der Waals surface area contributed by atoms with Crippen LogP contribution in [-0.4, -0.2) is 55.7 Å². The average molecular weight is 666 g/mol. The minimum Gasteiger partial charge on any atom is -0.494 e. The van der Waals surface area contributed by atoms with Crippen molar-refractivity contribution in [3.8, 4) is 11.6 Å². The molecule has 1 aromatic carbocycles. The zero-order valence-electron chi connectivity index (χ0n) is 24.6. The second-order valence-corrected chi connectivity index (χ2v) is 11.9. The Balaban J connectivity index is 0.00000264. The molecule has 5 rings (SSSR count). The van der Waals surface area contributed by atoms with Gasteiger partial charge in [0.1, 0.15) is 18.1 Å². The smallest absolute Gasteiger partial charge is 0.453 e. The molecule has 1 fully saturated rings. The van der Waals surface area contributed by atoms with Crippen LogP contribution in [0.4, 0.5) is 22.0 Å². The van der Waals surface area contributed by atoms with Gasteiger partial charge in [-0.1, -0.05) is 12.1 Å². The fourth-order valence-corrected chi connectivity index (χ4v) is 5.83. The maximum absolute atomic E-state index is 13.9. The van der Waals surface area contributed by atoms with Crippen molar-refractivity contribution >= 4 is 30.4 Å². The lowest BCUT2D eigenvalue weighted by molar-refractivity contribution is -0.146. The van der Waals surface area contributed by atoms with E-state index in [4.69, 9.17) is 9.47 Å². The quantitative estimate of drug-likeness (QED) is 0.250. The van der Waals surface area contributed by atoms with Crippen LogP contribution in [0.1, 0.15) is 69.8 Å². The zero-order chi connectivity index (χ0) is 30.3. The first-order valence-corrected chi connectivity index (χ1v) is 13.8. The van der Waals surface area contributed by atoms with E-state index in [0.29, 0.717) is 35.2 Å². The lowest BCUT2D eigenvalue weighted by Crippen LogP contribution is -2.45. The van der Waals surface area contributed by atoms with Gasteiger partial charge in [0.25, 0.3) is 5.82 Å². The Morgan fingerprint density at radius 3 is 2.50 bits per heavy atom. The minimum absolute atomic E-state index is 0. The van der Waals surface area contributed by atoms with E-state index in [1.165, 1.54) is 24.4 Å². The van der Waals surface area contributed by atoms with Crippen molar-refractivity contribution in [1.29, 1.82) is 0 Å². The maximum Gasteiger partial charge on any atom is 0.453 e. The van der Waals surface area contributed by atoms with Crippen molar-refractivity contribution in [2.24, 2.45) is 5.92 Å². The van der Waals surface area contributed by atoms with Crippen LogP contribution in [0.15, 0.2) is 42.8 Å². The zero-order valence-corrected chi connectivity index (χ0v) is 26.2. The first-order valence-electron chi connectivity index (χ1n) is 13.8. The van der Waals surface area contributed by atoms with Crippen LogP contribution in [0.2, 0.25) is 0 Å². The number of halogens is 7. The van der Waals surface area contributed by atoms with Crippen molar-refractivity contribution in [2.45, 2.75) is 76.3 Å². The van der Waals surface area contributed by atoms with Crippen LogP contribution in [0.25, 0.3) is 11.3 Å². The Hall–Kier alpha value is -3.03. The van der Waals surface area contributed by atoms with Gasteiger partial charge in [0.15, 0.2) is 0 Å². The monoisotopic (exact) mass is 664 g/mol. The number of nitrogens with zero attached hydrogens (tertiary/aromatic N) is 5. The highest BCUT2D eigenvalue weighted by Crippen LogP contribution is 2.56. The summed E-state index contributed by atoms with van der Waals surface area (Å²) in [5, 5.41) is 13.2. The molecule has 242 valence electrons. The lowest BCUT2D eigenvalue weighted by atomic mass is 9.77. The number of hydrogen-bond donors (Lipinski definition) is 1. The van der Waals surface area contributed by atoms with Crippen LogP contribution < -0.4 is 10.1 Å². The van der Waals surface area contributed by atoms with Crippen molar-refractivity contribution in [3.63, 3.8) is 0 Å². The molecule has 8 nitrogen and oxygen atoms in total. The normalized spacial score (nSPS) is 21.5. The summed E-state index contributed by atoms with van der Waals surface area (Å²) in [6, 6.07) is 7.82. The molecule has 1 aliphatic carbocycles. The van der Waals surface area contributed by atoms with Crippen LogP contribution >= 0.6 is 24.8 Å². The number of pyridine rings is 1. The van der Waals surface area contributed by atoms with E-state index in [9.17, 15) is 22.0 Å². The number of rotatable bonds is 9. The van der Waals surface area contributed by atoms with Gasteiger partial charge in [0, 0.05) is 29.0 Å². The van der Waals surface area contributed by atoms with Gasteiger partial charge in [-0.25, -0.2) is 13.8 Å². The number of ether oxygens (including phenoxy) is 2. The molecule has 15 heteroatoms. The summed E-state index contributed by atoms with van der Waals surface area (Å²) in [7, 11) is 0. The molecule has 44 heavy (non-hydrogen) atoms. The van der Waals surface area contributed by atoms with Gasteiger partial charge in [-0.15, -0.1) is 29.9 Å². The second-order valence-electron chi connectivity index (χ2n) is 11.9. The highest BCUT2D eigenvalue weighted by atomic mass is 35.5. The van der Waals surface area contributed by atoms with E-state index in [1.54, 1.807) is 32.2 Å². The summed E-state index contributed by atoms with van der Waals surface area (Å²) in [6.07, 6.45) is -0.366. The number of tetrazole rings is 1. The predicted octanol–water partition coefficient (Wildman–Crippen LogP) is 6.88. The van der Waals surface area contributed by atoms with Gasteiger partial charge in [0.2, 0.25) is 5.88 Å². The topological polar surface area (TPSA) is 87.0 Å². The molecule has 1 aliphatic heterocycles. The van der Waals surface area contributed by atoms with Crippen LogP contribution in [0, 0.1) is 11.7 Å². The van der Waals surface area contributed by atoms with E-state index >= 15 is 0 Å². The molecule has 1 N–H and O–H groups in total. The number of nitrogens with one attached hydrogen (secondary N) is 1. The van der Waals surface area contributed by atoms with Crippen LogP contribution in [-0.2, 0) is 10.9 Å². The fraction of sp³-hybridized carbons (Fsp3) is 0.517. The Labute approximate surface area is 264 Å². The average Bonchev–Trinajstić information content (AvgIpc) is 3.67. The Morgan fingerprint density at radius 1 is 1.16 bits per heavy atom. The molecule has 1 spiro atoms. The Morgan fingerprint density at radius 2 is 1.86 bits per heavy atom. The molecule has 0 bridgehead atoms. The van der Waals surface area contributed by atoms with Gasteiger partial charge in [-0.2, -0.15) is 17.9 Å². The molecule has 2 aromatic heterocycles. The first-order chi connectivity index (χ1) is 19.8. The summed E-state index contributed by atoms with van der Waals surface area (Å²) in [5.41, 5.74) is 0.631. The number of benzene rings is 1. The fourth-order valence-electron chi connectivity index (χ4n) is 5.83. The van der Waals surface area contributed by atoms with Crippen molar-refractivity contribution in [3.05, 3.63) is 65.6 Å². The Bertz CT molecular complexity index is 1450. The SMILES string of the molecule is CC(C)Oc1ncc(-n2nnnc2C(F)(F)F)cc1C1=COC2(CCC(CNC(C)(C)CF)C2c2ccc(F)cc2)C1.Cl.Cl. The minimum atomic E-state index is -4.78. The van der Waals surface area contributed by atoms with Crippen molar-refractivity contribution < 1.29 is 31.4 Å². The van der Waals surface area contributed by atoms with Gasteiger partial charge in [-0.05, 0) is 87.2 Å². The highest BCUT2D eigenvalue weighted by Gasteiger charge is 2.53. The van der Waals surface area contributed by atoms with Gasteiger partial charge in [0.05, 0.1) is 24.3 Å². The molecule has 0 radical (unpaired) electrons. The van der Waals surface area contributed by atoms with Gasteiger partial charge >= 0.3 is 6.18 Å². The molecular formula is C29H35Cl2F5N6O2. The number of aromatic nitrogens is 5. The lowest BCUT2D eigenvalue weighted by Gasteiger charge is -2.35. The molecule has 3 atom stereocenters. The van der Waals surface area contributed by atoms with Crippen molar-refractivity contribution in [2.75, 3.05) is 13.2 Å². The predicted molar refractivity (Wildman–Crippen MR) is 159 cm³/mol. The van der Waals surface area contributed by atoms with Crippen molar-refractivity contribution in [1.82, 2.24) is 30.5 Å². The van der Waals surface area contributed by atoms with Gasteiger partial charge < -0.3 is 14.8 Å². The maximum atomic E-state index is 13.9. The summed E-state index contributed by atoms with van der Waals surface area (Å²) in [5.74, 6) is -1.51. The molecule has 3 unspecified atom stereocenters. The number of alkyl halides is 4. The summed E-state index contributed by atoms with van der Waals surface area (Å²) < 4.78 is 81.1. The largest absolute Gasteiger partial charge is 0.494 e. The van der Waals surface area contributed by atoms with E-state index in [1.807, 2.05) is 13.8 Å². The van der Waals surface area contributed by atoms with E-state index in [-0.39, 0.29) is 60.1 Å². The van der Waals surface area contributed by atoms with Crippen LogP contribution in [0.5, 0.6) is 5.88 Å². The summed E-state index contributed by atoms with van der Waals surface area (Å²) in [6.45, 7) is 7.22. The van der Waals surface area contributed by atoms with E-state index in [2.05, 4.69) is 25.8 Å². The van der Waals surface area contributed by atoms with Gasteiger partial charge in [-0.3, -0.25) is 0 Å². The molecule has 3 aromatic rings. The van der Waals surface area contributed by atoms with E-state index in [0.717, 1.165) is 12.0 Å². The molecule has 2 aliphatic rings. The molecule has 0 amide bonds. The Kier molecular flexibility index (Phi) is 10.9. The van der Waals surface area contributed by atoms with Crippen LogP contribution in [0.3, 0.4) is 0 Å². The molecule has 1 saturated carbocycles. The summed E-state index contributed by atoms with van der Waals surface area (Å²) >= 11 is 0. The van der Waals surface area contributed by atoms with E-state index < -0.39 is 29.8 Å².